The largest absolute Gasteiger partial charge is 0.343 e. The maximum Gasteiger partial charge on any atom is 0.343 e. The lowest BCUT2D eigenvalue weighted by molar-refractivity contribution is 0.270. The molecule has 1 N–H and O–H groups in total. The lowest BCUT2D eigenvalue weighted by Gasteiger charge is -2.19. The van der Waals surface area contributed by atoms with E-state index >= 15 is 0 Å². The van der Waals surface area contributed by atoms with Crippen LogP contribution in [-0.2, 0) is 19.5 Å². The summed E-state index contributed by atoms with van der Waals surface area (Å²) in [6.07, 6.45) is 0.773. The van der Waals surface area contributed by atoms with Crippen molar-refractivity contribution >= 4 is 0 Å². The lowest BCUT2D eigenvalue weighted by Crippen LogP contribution is -2.28. The number of H-pyrrole nitrogens is 1. The third-order valence-electron chi connectivity index (χ3n) is 3.62. The average molecular weight is 269 g/mol. The molecule has 6 nitrogen and oxygen atoms in total. The highest BCUT2D eigenvalue weighted by atomic mass is 16.1. The predicted molar refractivity (Wildman–Crippen MR) is 73.0 cm³/mol. The molecule has 2 aromatic rings. The van der Waals surface area contributed by atoms with Gasteiger partial charge in [-0.1, -0.05) is 12.1 Å². The number of benzene rings is 1. The van der Waals surface area contributed by atoms with Gasteiger partial charge >= 0.3 is 5.69 Å². The number of aromatic nitrogens is 3. The van der Waals surface area contributed by atoms with E-state index in [4.69, 9.17) is 5.26 Å². The van der Waals surface area contributed by atoms with Crippen LogP contribution < -0.4 is 5.69 Å². The van der Waals surface area contributed by atoms with E-state index < -0.39 is 0 Å². The van der Waals surface area contributed by atoms with Gasteiger partial charge in [0.2, 0.25) is 0 Å². The number of rotatable bonds is 2. The van der Waals surface area contributed by atoms with Crippen molar-refractivity contribution in [2.45, 2.75) is 19.5 Å². The molecule has 1 aromatic carbocycles. The summed E-state index contributed by atoms with van der Waals surface area (Å²) in [6.45, 7) is 3.20. The molecule has 0 saturated carbocycles. The van der Waals surface area contributed by atoms with Crippen molar-refractivity contribution < 1.29 is 0 Å². The molecule has 3 rings (SSSR count). The van der Waals surface area contributed by atoms with E-state index in [1.54, 1.807) is 4.57 Å². The van der Waals surface area contributed by atoms with Crippen molar-refractivity contribution in [2.75, 3.05) is 13.1 Å². The number of nitriles is 1. The van der Waals surface area contributed by atoms with Crippen LogP contribution in [0.5, 0.6) is 0 Å². The summed E-state index contributed by atoms with van der Waals surface area (Å²) in [6, 6.07) is 9.75. The minimum atomic E-state index is -0.125. The second kappa shape index (κ2) is 5.31. The Kier molecular flexibility index (Phi) is 3.35. The van der Waals surface area contributed by atoms with E-state index in [9.17, 15) is 4.79 Å². The Hall–Kier alpha value is -2.39. The molecule has 0 atom stereocenters. The van der Waals surface area contributed by atoms with E-state index in [-0.39, 0.29) is 5.69 Å². The highest BCUT2D eigenvalue weighted by Crippen LogP contribution is 2.10. The summed E-state index contributed by atoms with van der Waals surface area (Å²) in [5.74, 6) is 0.831. The number of nitrogens with zero attached hydrogens (tertiary/aromatic N) is 4. The number of nitrogens with one attached hydrogen (secondary N) is 1. The normalized spacial score (nSPS) is 15.3. The number of hydrogen-bond donors (Lipinski definition) is 1. The first kappa shape index (κ1) is 12.6. The monoisotopic (exact) mass is 269 g/mol. The smallest absolute Gasteiger partial charge is 0.297 e. The van der Waals surface area contributed by atoms with Crippen LogP contribution in [0.15, 0.2) is 29.1 Å². The molecule has 6 heteroatoms. The summed E-state index contributed by atoms with van der Waals surface area (Å²) in [4.78, 5) is 13.8. The number of hydrogen-bond acceptors (Lipinski definition) is 4. The molecular formula is C14H15N5O. The molecule has 0 amide bonds. The highest BCUT2D eigenvalue weighted by molar-refractivity contribution is 5.31. The Bertz CT molecular complexity index is 692. The van der Waals surface area contributed by atoms with Crippen molar-refractivity contribution in [2.24, 2.45) is 0 Å². The van der Waals surface area contributed by atoms with Crippen molar-refractivity contribution in [1.82, 2.24) is 19.7 Å². The second-order valence-electron chi connectivity index (χ2n) is 4.93. The maximum absolute atomic E-state index is 11.5. The second-order valence-corrected chi connectivity index (χ2v) is 4.93. The van der Waals surface area contributed by atoms with Crippen molar-refractivity contribution in [3.05, 3.63) is 51.7 Å². The molecule has 1 aliphatic heterocycles. The lowest BCUT2D eigenvalue weighted by atomic mass is 10.1. The summed E-state index contributed by atoms with van der Waals surface area (Å²) in [7, 11) is 0. The summed E-state index contributed by atoms with van der Waals surface area (Å²) in [5, 5.41) is 15.3. The van der Waals surface area contributed by atoms with Gasteiger partial charge in [-0.25, -0.2) is 9.89 Å². The van der Waals surface area contributed by atoms with Crippen LogP contribution >= 0.6 is 0 Å². The summed E-state index contributed by atoms with van der Waals surface area (Å²) >= 11 is 0. The van der Waals surface area contributed by atoms with E-state index in [0.717, 1.165) is 31.9 Å². The van der Waals surface area contributed by atoms with Gasteiger partial charge in [-0.05, 0) is 17.7 Å². The third kappa shape index (κ3) is 2.49. The molecule has 0 radical (unpaired) electrons. The van der Waals surface area contributed by atoms with Crippen LogP contribution in [0.25, 0.3) is 0 Å². The van der Waals surface area contributed by atoms with Crippen molar-refractivity contribution in [3.63, 3.8) is 0 Å². The van der Waals surface area contributed by atoms with Crippen molar-refractivity contribution in [1.29, 1.82) is 5.26 Å². The molecular weight excluding hydrogens is 254 g/mol. The topological polar surface area (TPSA) is 77.7 Å². The zero-order chi connectivity index (χ0) is 13.9. The molecule has 0 saturated heterocycles. The minimum Gasteiger partial charge on any atom is -0.297 e. The van der Waals surface area contributed by atoms with Gasteiger partial charge in [0.25, 0.3) is 0 Å². The van der Waals surface area contributed by atoms with Gasteiger partial charge < -0.3 is 0 Å². The molecule has 1 aliphatic rings. The Morgan fingerprint density at radius 1 is 1.25 bits per heavy atom. The molecule has 0 spiro atoms. The number of fused-ring (bicyclic) bond motifs is 1. The standard InChI is InChI=1S/C14H15N5O/c15-9-11-1-3-12(4-2-11)10-18-6-5-13-16-17-14(20)19(13)8-7-18/h1-4H,5-8,10H2,(H,17,20). The van der Waals surface area contributed by atoms with Gasteiger partial charge in [-0.2, -0.15) is 10.4 Å². The summed E-state index contributed by atoms with van der Waals surface area (Å²) < 4.78 is 1.71. The zero-order valence-electron chi connectivity index (χ0n) is 11.0. The fourth-order valence-electron chi connectivity index (χ4n) is 2.48. The predicted octanol–water partition coefficient (Wildman–Crippen LogP) is 0.501. The Labute approximate surface area is 116 Å². The van der Waals surface area contributed by atoms with Gasteiger partial charge in [0.1, 0.15) is 5.82 Å². The van der Waals surface area contributed by atoms with Gasteiger partial charge in [-0.15, -0.1) is 0 Å². The van der Waals surface area contributed by atoms with Crippen molar-refractivity contribution in [3.8, 4) is 6.07 Å². The first-order chi connectivity index (χ1) is 9.76. The van der Waals surface area contributed by atoms with Gasteiger partial charge in [-0.3, -0.25) is 9.47 Å². The van der Waals surface area contributed by atoms with Crippen LogP contribution in [0.4, 0.5) is 0 Å². The average Bonchev–Trinajstić information content (AvgIpc) is 2.70. The molecule has 0 bridgehead atoms. The Morgan fingerprint density at radius 2 is 2.05 bits per heavy atom. The fraction of sp³-hybridized carbons (Fsp3) is 0.357. The van der Waals surface area contributed by atoms with Gasteiger partial charge in [0.15, 0.2) is 0 Å². The molecule has 0 fully saturated rings. The van der Waals surface area contributed by atoms with Crippen LogP contribution in [0.2, 0.25) is 0 Å². The Morgan fingerprint density at radius 3 is 2.80 bits per heavy atom. The molecule has 20 heavy (non-hydrogen) atoms. The zero-order valence-corrected chi connectivity index (χ0v) is 11.0. The van der Waals surface area contributed by atoms with Crippen LogP contribution in [0.1, 0.15) is 17.0 Å². The maximum atomic E-state index is 11.5. The third-order valence-corrected chi connectivity index (χ3v) is 3.62. The van der Waals surface area contributed by atoms with Crippen LogP contribution in [-0.4, -0.2) is 32.8 Å². The van der Waals surface area contributed by atoms with E-state index in [1.165, 1.54) is 5.56 Å². The minimum absolute atomic E-state index is 0.125. The quantitative estimate of drug-likeness (QED) is 0.861. The van der Waals surface area contributed by atoms with Crippen LogP contribution in [0, 0.1) is 11.3 Å². The molecule has 0 unspecified atom stereocenters. The molecule has 102 valence electrons. The first-order valence-corrected chi connectivity index (χ1v) is 6.62. The van der Waals surface area contributed by atoms with Gasteiger partial charge in [0, 0.05) is 32.6 Å². The molecule has 2 heterocycles. The van der Waals surface area contributed by atoms with Gasteiger partial charge in [0.05, 0.1) is 11.6 Å². The molecule has 0 aliphatic carbocycles. The van der Waals surface area contributed by atoms with Crippen LogP contribution in [0.3, 0.4) is 0 Å². The highest BCUT2D eigenvalue weighted by Gasteiger charge is 2.16. The van der Waals surface area contributed by atoms with E-state index in [2.05, 4.69) is 21.2 Å². The Balaban J connectivity index is 1.68. The number of aromatic amines is 1. The summed E-state index contributed by atoms with van der Waals surface area (Å²) in [5.41, 5.74) is 1.73. The fourth-order valence-corrected chi connectivity index (χ4v) is 2.48. The first-order valence-electron chi connectivity index (χ1n) is 6.62. The van der Waals surface area contributed by atoms with E-state index in [0.29, 0.717) is 12.1 Å². The molecule has 1 aromatic heterocycles. The van der Waals surface area contributed by atoms with E-state index in [1.807, 2.05) is 24.3 Å². The SMILES string of the molecule is N#Cc1ccc(CN2CCc3n[nH]c(=O)n3CC2)cc1.